The van der Waals surface area contributed by atoms with Crippen molar-refractivity contribution < 1.29 is 22.3 Å². The van der Waals surface area contributed by atoms with E-state index in [1.54, 1.807) is 18.2 Å². The van der Waals surface area contributed by atoms with Gasteiger partial charge in [0.1, 0.15) is 17.0 Å². The molecule has 10 heteroatoms. The average molecular weight is 354 g/mol. The molecule has 0 aliphatic rings. The molecule has 7 nitrogen and oxygen atoms in total. The molecule has 1 atom stereocenters. The first-order chi connectivity index (χ1) is 11.5. The molecule has 3 rings (SSSR count). The maximum Gasteiger partial charge on any atom is 0.232 e. The number of hydrogen-bond donors (Lipinski definition) is 2. The zero-order chi connectivity index (χ0) is 17.3. The van der Waals surface area contributed by atoms with E-state index in [-0.39, 0.29) is 17.8 Å². The third-order valence-corrected chi connectivity index (χ3v) is 3.73. The number of halogens is 2. The predicted molar refractivity (Wildman–Crippen MR) is 82.9 cm³/mol. The molecule has 1 aromatic heterocycles. The average Bonchev–Trinajstić information content (AvgIpc) is 2.95. The SMILES string of the molecule is COc1ccc2c(c1)nnn2-c1c(F)cc(CNS(=O)O)cc1F. The summed E-state index contributed by atoms with van der Waals surface area (Å²) in [6.45, 7) is -0.160. The molecule has 0 saturated heterocycles. The number of nitrogens with zero attached hydrogens (tertiary/aromatic N) is 3. The number of rotatable bonds is 5. The lowest BCUT2D eigenvalue weighted by molar-refractivity contribution is 0.415. The number of nitrogens with one attached hydrogen (secondary N) is 1. The minimum atomic E-state index is -2.27. The van der Waals surface area contributed by atoms with Gasteiger partial charge in [-0.1, -0.05) is 5.21 Å². The molecule has 0 aliphatic carbocycles. The smallest absolute Gasteiger partial charge is 0.232 e. The molecule has 0 aliphatic heterocycles. The van der Waals surface area contributed by atoms with Crippen LogP contribution >= 0.6 is 0 Å². The number of aromatic nitrogens is 3. The summed E-state index contributed by atoms with van der Waals surface area (Å²) >= 11 is -2.27. The Balaban J connectivity index is 2.05. The third-order valence-electron chi connectivity index (χ3n) is 3.34. The normalized spacial score (nSPS) is 12.5. The topological polar surface area (TPSA) is 89.3 Å². The van der Waals surface area contributed by atoms with Crippen LogP contribution in [0.3, 0.4) is 0 Å². The zero-order valence-corrected chi connectivity index (χ0v) is 13.2. The zero-order valence-electron chi connectivity index (χ0n) is 12.4. The first-order valence-electron chi connectivity index (χ1n) is 6.71. The number of ether oxygens (including phenoxy) is 1. The standard InChI is InChI=1S/C14H12F2N4O3S/c1-23-9-2-3-13-12(6-9)18-19-20(13)14-10(15)4-8(5-11(14)16)7-17-24(21)22/h2-6,17H,7H2,1H3,(H,21,22). The Labute approximate surface area is 137 Å². The van der Waals surface area contributed by atoms with Crippen molar-refractivity contribution in [2.24, 2.45) is 0 Å². The molecule has 1 unspecified atom stereocenters. The van der Waals surface area contributed by atoms with Crippen LogP contribution in [0.5, 0.6) is 5.75 Å². The molecule has 126 valence electrons. The summed E-state index contributed by atoms with van der Waals surface area (Å²) in [6.07, 6.45) is 0. The van der Waals surface area contributed by atoms with Gasteiger partial charge in [-0.15, -0.1) is 5.10 Å². The molecule has 2 aromatic carbocycles. The highest BCUT2D eigenvalue weighted by molar-refractivity contribution is 7.77. The van der Waals surface area contributed by atoms with Crippen molar-refractivity contribution in [2.45, 2.75) is 6.54 Å². The van der Waals surface area contributed by atoms with Crippen molar-refractivity contribution in [3.63, 3.8) is 0 Å². The van der Waals surface area contributed by atoms with Crippen LogP contribution in [0.4, 0.5) is 8.78 Å². The van der Waals surface area contributed by atoms with Crippen LogP contribution in [-0.2, 0) is 17.8 Å². The largest absolute Gasteiger partial charge is 0.497 e. The Morgan fingerprint density at radius 2 is 2.00 bits per heavy atom. The van der Waals surface area contributed by atoms with E-state index >= 15 is 0 Å². The third kappa shape index (κ3) is 3.11. The highest BCUT2D eigenvalue weighted by atomic mass is 32.2. The molecule has 1 heterocycles. The summed E-state index contributed by atoms with van der Waals surface area (Å²) < 4.78 is 56.2. The molecule has 0 bridgehead atoms. The van der Waals surface area contributed by atoms with Gasteiger partial charge < -0.3 is 4.74 Å². The fourth-order valence-electron chi connectivity index (χ4n) is 2.26. The van der Waals surface area contributed by atoms with Crippen molar-refractivity contribution in [2.75, 3.05) is 7.11 Å². The van der Waals surface area contributed by atoms with Gasteiger partial charge in [0.2, 0.25) is 11.3 Å². The van der Waals surface area contributed by atoms with Crippen LogP contribution in [0, 0.1) is 11.6 Å². The van der Waals surface area contributed by atoms with Crippen LogP contribution in [0.1, 0.15) is 5.56 Å². The Morgan fingerprint density at radius 3 is 2.62 bits per heavy atom. The maximum atomic E-state index is 14.4. The highest BCUT2D eigenvalue weighted by Gasteiger charge is 2.17. The van der Waals surface area contributed by atoms with Gasteiger partial charge in [0.15, 0.2) is 11.6 Å². The lowest BCUT2D eigenvalue weighted by Crippen LogP contribution is -2.16. The monoisotopic (exact) mass is 354 g/mol. The van der Waals surface area contributed by atoms with E-state index in [1.165, 1.54) is 7.11 Å². The molecule has 2 N–H and O–H groups in total. The Morgan fingerprint density at radius 1 is 1.29 bits per heavy atom. The molecule has 0 fully saturated rings. The van der Waals surface area contributed by atoms with E-state index in [9.17, 15) is 13.0 Å². The number of fused-ring (bicyclic) bond motifs is 1. The summed E-state index contributed by atoms with van der Waals surface area (Å²) in [5.41, 5.74) is 0.643. The Hall–Kier alpha value is -2.43. The fourth-order valence-corrected chi connectivity index (χ4v) is 2.55. The summed E-state index contributed by atoms with van der Waals surface area (Å²) in [7, 11) is 1.50. The summed E-state index contributed by atoms with van der Waals surface area (Å²) in [5.74, 6) is -1.18. The number of hydrogen-bond acceptors (Lipinski definition) is 4. The molecule has 24 heavy (non-hydrogen) atoms. The van der Waals surface area contributed by atoms with Crippen LogP contribution in [0.15, 0.2) is 30.3 Å². The quantitative estimate of drug-likeness (QED) is 0.684. The van der Waals surface area contributed by atoms with E-state index in [4.69, 9.17) is 9.29 Å². The van der Waals surface area contributed by atoms with Crippen molar-refractivity contribution in [3.05, 3.63) is 47.5 Å². The van der Waals surface area contributed by atoms with E-state index in [0.29, 0.717) is 16.8 Å². The second-order valence-electron chi connectivity index (χ2n) is 4.83. The number of methoxy groups -OCH3 is 1. The van der Waals surface area contributed by atoms with Gasteiger partial charge in [-0.25, -0.2) is 22.4 Å². The Bertz CT molecular complexity index is 909. The van der Waals surface area contributed by atoms with Gasteiger partial charge in [0.25, 0.3) is 0 Å². The Kier molecular flexibility index (Phi) is 4.51. The molecule has 0 spiro atoms. The van der Waals surface area contributed by atoms with Crippen molar-refractivity contribution in [3.8, 4) is 11.4 Å². The maximum absolute atomic E-state index is 14.4. The number of benzene rings is 2. The second-order valence-corrected chi connectivity index (χ2v) is 5.62. The molecule has 0 amide bonds. The van der Waals surface area contributed by atoms with Crippen LogP contribution in [-0.4, -0.2) is 30.9 Å². The van der Waals surface area contributed by atoms with Gasteiger partial charge in [-0.05, 0) is 29.8 Å². The lowest BCUT2D eigenvalue weighted by Gasteiger charge is -2.09. The summed E-state index contributed by atoms with van der Waals surface area (Å²) in [5, 5.41) is 7.68. The second kappa shape index (κ2) is 6.59. The van der Waals surface area contributed by atoms with Crippen molar-refractivity contribution >= 4 is 22.3 Å². The van der Waals surface area contributed by atoms with Crippen LogP contribution in [0.2, 0.25) is 0 Å². The molecular formula is C14H12F2N4O3S. The van der Waals surface area contributed by atoms with E-state index in [2.05, 4.69) is 15.0 Å². The van der Waals surface area contributed by atoms with Crippen molar-refractivity contribution in [1.29, 1.82) is 0 Å². The van der Waals surface area contributed by atoms with Gasteiger partial charge >= 0.3 is 0 Å². The lowest BCUT2D eigenvalue weighted by atomic mass is 10.2. The minimum absolute atomic E-state index is 0.160. The van der Waals surface area contributed by atoms with Crippen LogP contribution in [0.25, 0.3) is 16.7 Å². The van der Waals surface area contributed by atoms with E-state index < -0.39 is 22.9 Å². The van der Waals surface area contributed by atoms with E-state index in [1.807, 2.05) is 0 Å². The molecular weight excluding hydrogens is 342 g/mol. The van der Waals surface area contributed by atoms with Gasteiger partial charge in [0.05, 0.1) is 12.6 Å². The minimum Gasteiger partial charge on any atom is -0.497 e. The molecule has 0 radical (unpaired) electrons. The van der Waals surface area contributed by atoms with Crippen LogP contribution < -0.4 is 9.46 Å². The predicted octanol–water partition coefficient (Wildman–Crippen LogP) is 1.93. The molecule has 0 saturated carbocycles. The first kappa shape index (κ1) is 16.4. The first-order valence-corrected chi connectivity index (χ1v) is 7.82. The fraction of sp³-hybridized carbons (Fsp3) is 0.143. The van der Waals surface area contributed by atoms with Gasteiger partial charge in [0, 0.05) is 12.6 Å². The van der Waals surface area contributed by atoms with Gasteiger partial charge in [-0.2, -0.15) is 0 Å². The summed E-state index contributed by atoms with van der Waals surface area (Å²) in [4.78, 5) is 0. The van der Waals surface area contributed by atoms with Crippen molar-refractivity contribution in [1.82, 2.24) is 19.7 Å². The van der Waals surface area contributed by atoms with Gasteiger partial charge in [-0.3, -0.25) is 4.55 Å². The van der Waals surface area contributed by atoms with E-state index in [0.717, 1.165) is 16.8 Å². The molecule has 3 aromatic rings. The summed E-state index contributed by atoms with van der Waals surface area (Å²) in [6, 6.07) is 6.96. The highest BCUT2D eigenvalue weighted by Crippen LogP contribution is 2.25.